The number of rotatable bonds is 8. The highest BCUT2D eigenvalue weighted by molar-refractivity contribution is 7.09. The summed E-state index contributed by atoms with van der Waals surface area (Å²) in [7, 11) is 0. The number of carbonyl (C=O) groups is 1. The number of aromatic nitrogens is 1. The summed E-state index contributed by atoms with van der Waals surface area (Å²) in [6.45, 7) is 2.64. The first-order valence-corrected chi connectivity index (χ1v) is 11.2. The van der Waals surface area contributed by atoms with Crippen molar-refractivity contribution in [2.24, 2.45) is 0 Å². The van der Waals surface area contributed by atoms with Crippen LogP contribution in [0.25, 0.3) is 0 Å². The Hall–Kier alpha value is -2.87. The van der Waals surface area contributed by atoms with E-state index in [1.54, 1.807) is 4.90 Å². The summed E-state index contributed by atoms with van der Waals surface area (Å²) in [5.41, 5.74) is 1.83. The van der Waals surface area contributed by atoms with E-state index in [-0.39, 0.29) is 18.4 Å². The van der Waals surface area contributed by atoms with E-state index < -0.39 is 11.7 Å². The molecule has 0 aliphatic heterocycles. The number of nitrogens with zero attached hydrogens (tertiary/aromatic N) is 2. The first-order valence-electron chi connectivity index (χ1n) is 10.4. The summed E-state index contributed by atoms with van der Waals surface area (Å²) >= 11 is 1.44. The Labute approximate surface area is 188 Å². The van der Waals surface area contributed by atoms with Gasteiger partial charge in [0.2, 0.25) is 5.91 Å². The lowest BCUT2D eigenvalue weighted by atomic mass is 10.1. The van der Waals surface area contributed by atoms with Crippen molar-refractivity contribution >= 4 is 17.2 Å². The van der Waals surface area contributed by atoms with Crippen molar-refractivity contribution in [3.05, 3.63) is 81.3 Å². The molecule has 0 radical (unpaired) electrons. The number of hydrogen-bond acceptors (Lipinski definition) is 4. The normalized spacial score (nSPS) is 13.8. The zero-order valence-corrected chi connectivity index (χ0v) is 18.4. The van der Waals surface area contributed by atoms with Gasteiger partial charge in [0.1, 0.15) is 17.4 Å². The van der Waals surface area contributed by atoms with Gasteiger partial charge >= 0.3 is 6.18 Å². The third-order valence-electron chi connectivity index (χ3n) is 5.26. The molecule has 0 bridgehead atoms. The molecule has 0 unspecified atom stereocenters. The number of carbonyl (C=O) groups excluding carboxylic acids is 1. The van der Waals surface area contributed by atoms with Gasteiger partial charge in [-0.15, -0.1) is 11.3 Å². The average Bonchev–Trinajstić information content (AvgIpc) is 3.50. The minimum atomic E-state index is -4.37. The maximum Gasteiger partial charge on any atom is 0.416 e. The monoisotopic (exact) mass is 460 g/mol. The van der Waals surface area contributed by atoms with Crippen molar-refractivity contribution in [2.75, 3.05) is 0 Å². The number of benzene rings is 2. The van der Waals surface area contributed by atoms with Gasteiger partial charge in [-0.1, -0.05) is 29.8 Å². The van der Waals surface area contributed by atoms with E-state index in [1.165, 1.54) is 23.5 Å². The number of halogens is 3. The van der Waals surface area contributed by atoms with Gasteiger partial charge in [0.25, 0.3) is 0 Å². The van der Waals surface area contributed by atoms with Crippen LogP contribution in [0.3, 0.4) is 0 Å². The van der Waals surface area contributed by atoms with Crippen LogP contribution in [0.5, 0.6) is 5.75 Å². The lowest BCUT2D eigenvalue weighted by Gasteiger charge is -2.22. The molecule has 3 aromatic rings. The summed E-state index contributed by atoms with van der Waals surface area (Å²) in [6.07, 6.45) is -2.37. The molecule has 2 aromatic carbocycles. The Morgan fingerprint density at radius 2 is 1.81 bits per heavy atom. The van der Waals surface area contributed by atoms with Crippen molar-refractivity contribution in [2.45, 2.75) is 51.6 Å². The number of alkyl halides is 3. The van der Waals surface area contributed by atoms with Crippen LogP contribution in [0.15, 0.2) is 53.9 Å². The Bertz CT molecular complexity index is 1060. The lowest BCUT2D eigenvalue weighted by molar-refractivity contribution is -0.137. The van der Waals surface area contributed by atoms with Crippen molar-refractivity contribution in [1.29, 1.82) is 0 Å². The predicted molar refractivity (Wildman–Crippen MR) is 116 cm³/mol. The topological polar surface area (TPSA) is 42.4 Å². The van der Waals surface area contributed by atoms with Gasteiger partial charge in [0.15, 0.2) is 0 Å². The van der Waals surface area contributed by atoms with E-state index in [4.69, 9.17) is 4.74 Å². The first-order chi connectivity index (χ1) is 15.3. The van der Waals surface area contributed by atoms with Crippen LogP contribution in [-0.2, 0) is 30.5 Å². The molecule has 168 valence electrons. The van der Waals surface area contributed by atoms with E-state index in [1.807, 2.05) is 36.6 Å². The third-order valence-corrected chi connectivity index (χ3v) is 6.13. The van der Waals surface area contributed by atoms with E-state index in [2.05, 4.69) is 4.98 Å². The molecule has 1 heterocycles. The van der Waals surface area contributed by atoms with Gasteiger partial charge in [-0.3, -0.25) is 4.79 Å². The van der Waals surface area contributed by atoms with Gasteiger partial charge in [0.05, 0.1) is 17.7 Å². The largest absolute Gasteiger partial charge is 0.486 e. The number of ether oxygens (including phenoxy) is 1. The van der Waals surface area contributed by atoms with Crippen molar-refractivity contribution in [3.63, 3.8) is 0 Å². The minimum absolute atomic E-state index is 0.0660. The Balaban J connectivity index is 1.35. The van der Waals surface area contributed by atoms with Crippen LogP contribution in [0, 0.1) is 6.92 Å². The van der Waals surface area contributed by atoms with Crippen molar-refractivity contribution in [1.82, 2.24) is 9.88 Å². The summed E-state index contributed by atoms with van der Waals surface area (Å²) in [6, 6.07) is 12.9. The number of amides is 1. The summed E-state index contributed by atoms with van der Waals surface area (Å²) in [5.74, 6) is 0.698. The highest BCUT2D eigenvalue weighted by Gasteiger charge is 2.33. The quantitative estimate of drug-likeness (QED) is 0.428. The van der Waals surface area contributed by atoms with Crippen LogP contribution < -0.4 is 4.74 Å². The van der Waals surface area contributed by atoms with Crippen LogP contribution >= 0.6 is 11.3 Å². The Morgan fingerprint density at radius 3 is 2.44 bits per heavy atom. The molecular formula is C24H23F3N2O2S. The molecule has 0 atom stereocenters. The van der Waals surface area contributed by atoms with Crippen LogP contribution in [0.4, 0.5) is 13.2 Å². The fourth-order valence-corrected chi connectivity index (χ4v) is 4.04. The van der Waals surface area contributed by atoms with E-state index in [9.17, 15) is 18.0 Å². The number of aryl methyl sites for hydroxylation is 1. The average molecular weight is 461 g/mol. The molecule has 8 heteroatoms. The van der Waals surface area contributed by atoms with Crippen LogP contribution in [-0.4, -0.2) is 21.8 Å². The second-order valence-electron chi connectivity index (χ2n) is 7.96. The second kappa shape index (κ2) is 9.32. The molecule has 1 fully saturated rings. The molecule has 0 saturated heterocycles. The fourth-order valence-electron chi connectivity index (χ4n) is 3.34. The van der Waals surface area contributed by atoms with Crippen molar-refractivity contribution < 1.29 is 22.7 Å². The molecule has 32 heavy (non-hydrogen) atoms. The third kappa shape index (κ3) is 5.88. The van der Waals surface area contributed by atoms with Crippen LogP contribution in [0.1, 0.15) is 40.2 Å². The zero-order valence-electron chi connectivity index (χ0n) is 17.6. The first kappa shape index (κ1) is 22.3. The van der Waals surface area contributed by atoms with E-state index >= 15 is 0 Å². The van der Waals surface area contributed by atoms with Gasteiger partial charge in [0, 0.05) is 18.0 Å². The maximum absolute atomic E-state index is 12.9. The molecule has 0 N–H and O–H groups in total. The van der Waals surface area contributed by atoms with E-state index in [0.29, 0.717) is 24.4 Å². The smallest absolute Gasteiger partial charge is 0.416 e. The molecule has 4 rings (SSSR count). The Morgan fingerprint density at radius 1 is 1.12 bits per heavy atom. The summed E-state index contributed by atoms with van der Waals surface area (Å²) in [5, 5.41) is 2.64. The van der Waals surface area contributed by atoms with E-state index in [0.717, 1.165) is 41.3 Å². The van der Waals surface area contributed by atoms with Crippen molar-refractivity contribution in [3.8, 4) is 5.75 Å². The van der Waals surface area contributed by atoms with Gasteiger partial charge in [-0.25, -0.2) is 4.98 Å². The molecule has 1 aliphatic rings. The van der Waals surface area contributed by atoms with Gasteiger partial charge in [-0.05, 0) is 49.6 Å². The molecule has 1 amide bonds. The number of thiazole rings is 1. The highest BCUT2D eigenvalue weighted by atomic mass is 32.1. The molecule has 1 saturated carbocycles. The lowest BCUT2D eigenvalue weighted by Crippen LogP contribution is -2.33. The zero-order chi connectivity index (χ0) is 22.7. The van der Waals surface area contributed by atoms with Gasteiger partial charge in [-0.2, -0.15) is 13.2 Å². The van der Waals surface area contributed by atoms with Gasteiger partial charge < -0.3 is 9.64 Å². The van der Waals surface area contributed by atoms with Crippen LogP contribution in [0.2, 0.25) is 0 Å². The Kier molecular flexibility index (Phi) is 6.50. The highest BCUT2D eigenvalue weighted by Crippen LogP contribution is 2.31. The number of hydrogen-bond donors (Lipinski definition) is 0. The summed E-state index contributed by atoms with van der Waals surface area (Å²) < 4.78 is 44.1. The molecule has 1 aliphatic carbocycles. The SMILES string of the molecule is Cc1ccc(OCc2nc(CC(=O)N(Cc3ccc(C(F)(F)F)cc3)C3CC3)cs2)cc1. The minimum Gasteiger partial charge on any atom is -0.486 e. The molecule has 1 aromatic heterocycles. The predicted octanol–water partition coefficient (Wildman–Crippen LogP) is 5.78. The second-order valence-corrected chi connectivity index (χ2v) is 8.90. The standard InChI is InChI=1S/C24H23F3N2O2S/c1-16-2-10-21(11-3-16)31-14-22-28-19(15-32-22)12-23(30)29(20-8-9-20)13-17-4-6-18(7-5-17)24(25,26)27/h2-7,10-11,15,20H,8-9,12-14H2,1H3. The maximum atomic E-state index is 12.9. The molecule has 4 nitrogen and oxygen atoms in total. The molecule has 0 spiro atoms. The summed E-state index contributed by atoms with van der Waals surface area (Å²) in [4.78, 5) is 19.2. The molecular weight excluding hydrogens is 437 g/mol. The fraction of sp³-hybridized carbons (Fsp3) is 0.333.